The molecular weight excluding hydrogens is 299 g/mol. The topological polar surface area (TPSA) is 61.4 Å². The van der Waals surface area contributed by atoms with Crippen LogP contribution in [0.3, 0.4) is 0 Å². The van der Waals surface area contributed by atoms with Gasteiger partial charge in [0, 0.05) is 25.1 Å². The Balaban J connectivity index is 2.17. The Labute approximate surface area is 128 Å². The molecule has 0 bridgehead atoms. The minimum atomic E-state index is 0.00422. The number of aromatic hydroxyl groups is 1. The summed E-state index contributed by atoms with van der Waals surface area (Å²) in [6.07, 6.45) is 2.03. The van der Waals surface area contributed by atoms with E-state index in [1.54, 1.807) is 19.2 Å². The van der Waals surface area contributed by atoms with Crippen molar-refractivity contribution in [1.82, 2.24) is 10.6 Å². The number of carbonyl (C=O) groups is 1. The molecule has 0 spiro atoms. The van der Waals surface area contributed by atoms with Gasteiger partial charge in [0.25, 0.3) is 0 Å². The summed E-state index contributed by atoms with van der Waals surface area (Å²) in [6, 6.07) is 3.24. The molecule has 3 N–H and O–H groups in total. The second-order valence-electron chi connectivity index (χ2n) is 5.04. The number of hydrogen-bond acceptors (Lipinski definition) is 3. The summed E-state index contributed by atoms with van der Waals surface area (Å²) >= 11 is 12.2. The van der Waals surface area contributed by atoms with Crippen molar-refractivity contribution >= 4 is 29.1 Å². The van der Waals surface area contributed by atoms with Crippen molar-refractivity contribution < 1.29 is 9.90 Å². The Morgan fingerprint density at radius 3 is 2.95 bits per heavy atom. The van der Waals surface area contributed by atoms with Crippen LogP contribution >= 0.6 is 23.2 Å². The summed E-state index contributed by atoms with van der Waals surface area (Å²) in [6.45, 7) is 0.786. The molecule has 1 heterocycles. The lowest BCUT2D eigenvalue weighted by Gasteiger charge is -2.31. The van der Waals surface area contributed by atoms with Gasteiger partial charge in [-0.05, 0) is 37.4 Å². The molecule has 1 aliphatic heterocycles. The van der Waals surface area contributed by atoms with Crippen molar-refractivity contribution in [2.75, 3.05) is 13.6 Å². The smallest absolute Gasteiger partial charge is 0.221 e. The Morgan fingerprint density at radius 1 is 1.50 bits per heavy atom. The van der Waals surface area contributed by atoms with Gasteiger partial charge in [-0.1, -0.05) is 23.2 Å². The molecule has 1 aromatic carbocycles. The van der Waals surface area contributed by atoms with Gasteiger partial charge in [0.1, 0.15) is 5.75 Å². The highest BCUT2D eigenvalue weighted by Gasteiger charge is 2.28. The fourth-order valence-corrected chi connectivity index (χ4v) is 3.17. The number of amides is 1. The van der Waals surface area contributed by atoms with Gasteiger partial charge in [0.2, 0.25) is 5.91 Å². The van der Waals surface area contributed by atoms with Crippen LogP contribution in [0.4, 0.5) is 0 Å². The Hall–Kier alpha value is -0.970. The standard InChI is InChI=1S/C14H18Cl2N2O2/c1-17-12(20)7-9-6-8(4-5-18-9)13-11(19)3-2-10(15)14(13)16/h2-3,8-9,18-19H,4-7H2,1H3,(H,17,20). The van der Waals surface area contributed by atoms with E-state index in [2.05, 4.69) is 10.6 Å². The summed E-state index contributed by atoms with van der Waals surface area (Å²) < 4.78 is 0. The molecule has 0 aliphatic carbocycles. The lowest BCUT2D eigenvalue weighted by Crippen LogP contribution is -2.40. The monoisotopic (exact) mass is 316 g/mol. The predicted molar refractivity (Wildman–Crippen MR) is 80.6 cm³/mol. The van der Waals surface area contributed by atoms with Gasteiger partial charge in [-0.2, -0.15) is 0 Å². The third-order valence-corrected chi connectivity index (χ3v) is 4.54. The molecule has 0 aromatic heterocycles. The first-order valence-corrected chi connectivity index (χ1v) is 7.39. The Bertz CT molecular complexity index is 508. The summed E-state index contributed by atoms with van der Waals surface area (Å²) in [4.78, 5) is 11.5. The molecule has 2 atom stereocenters. The number of carbonyl (C=O) groups excluding carboxylic acids is 1. The van der Waals surface area contributed by atoms with Crippen molar-refractivity contribution in [2.24, 2.45) is 0 Å². The highest BCUT2D eigenvalue weighted by Crippen LogP contribution is 2.41. The molecule has 1 amide bonds. The Kier molecular flexibility index (Phi) is 5.13. The zero-order valence-electron chi connectivity index (χ0n) is 11.2. The van der Waals surface area contributed by atoms with Crippen molar-refractivity contribution in [2.45, 2.75) is 31.2 Å². The number of phenolic OH excluding ortho intramolecular Hbond substituents is 1. The molecule has 110 valence electrons. The van der Waals surface area contributed by atoms with Gasteiger partial charge in [-0.3, -0.25) is 4.79 Å². The van der Waals surface area contributed by atoms with Crippen LogP contribution < -0.4 is 10.6 Å². The molecule has 2 rings (SSSR count). The van der Waals surface area contributed by atoms with E-state index in [-0.39, 0.29) is 23.6 Å². The van der Waals surface area contributed by atoms with Gasteiger partial charge < -0.3 is 15.7 Å². The average molecular weight is 317 g/mol. The first-order valence-electron chi connectivity index (χ1n) is 6.63. The third-order valence-electron chi connectivity index (χ3n) is 3.72. The SMILES string of the molecule is CNC(=O)CC1CC(c2c(O)ccc(Cl)c2Cl)CCN1. The van der Waals surface area contributed by atoms with E-state index in [1.165, 1.54) is 0 Å². The maximum Gasteiger partial charge on any atom is 0.221 e. The number of halogens is 2. The van der Waals surface area contributed by atoms with Crippen LogP contribution in [0.2, 0.25) is 10.0 Å². The highest BCUT2D eigenvalue weighted by atomic mass is 35.5. The van der Waals surface area contributed by atoms with E-state index in [9.17, 15) is 9.90 Å². The average Bonchev–Trinajstić information content (AvgIpc) is 2.44. The summed E-state index contributed by atoms with van der Waals surface area (Å²) in [5.74, 6) is 0.284. The van der Waals surface area contributed by atoms with E-state index in [1.807, 2.05) is 0 Å². The maximum atomic E-state index is 11.5. The minimum absolute atomic E-state index is 0.00422. The lowest BCUT2D eigenvalue weighted by atomic mass is 9.85. The molecule has 1 saturated heterocycles. The lowest BCUT2D eigenvalue weighted by molar-refractivity contribution is -0.121. The predicted octanol–water partition coefficient (Wildman–Crippen LogP) is 2.67. The van der Waals surface area contributed by atoms with Gasteiger partial charge in [0.05, 0.1) is 10.0 Å². The number of piperidine rings is 1. The highest BCUT2D eigenvalue weighted by molar-refractivity contribution is 6.42. The molecule has 1 fully saturated rings. The molecule has 1 aromatic rings. The summed E-state index contributed by atoms with van der Waals surface area (Å²) in [5.41, 5.74) is 0.697. The van der Waals surface area contributed by atoms with Crippen LogP contribution in [-0.4, -0.2) is 30.6 Å². The largest absolute Gasteiger partial charge is 0.508 e. The van der Waals surface area contributed by atoms with Crippen LogP contribution in [0.1, 0.15) is 30.7 Å². The van der Waals surface area contributed by atoms with E-state index in [4.69, 9.17) is 23.2 Å². The molecular formula is C14H18Cl2N2O2. The molecule has 6 heteroatoms. The van der Waals surface area contributed by atoms with Crippen molar-refractivity contribution in [3.63, 3.8) is 0 Å². The van der Waals surface area contributed by atoms with Crippen LogP contribution in [0.5, 0.6) is 5.75 Å². The first-order chi connectivity index (χ1) is 9.52. The van der Waals surface area contributed by atoms with E-state index in [0.717, 1.165) is 19.4 Å². The number of phenols is 1. The van der Waals surface area contributed by atoms with Gasteiger partial charge in [-0.15, -0.1) is 0 Å². The van der Waals surface area contributed by atoms with Crippen LogP contribution in [0, 0.1) is 0 Å². The first kappa shape index (κ1) is 15.4. The second-order valence-corrected chi connectivity index (χ2v) is 5.83. The molecule has 0 radical (unpaired) electrons. The number of benzene rings is 1. The van der Waals surface area contributed by atoms with Crippen molar-refractivity contribution in [1.29, 1.82) is 0 Å². The molecule has 20 heavy (non-hydrogen) atoms. The number of rotatable bonds is 3. The fraction of sp³-hybridized carbons (Fsp3) is 0.500. The zero-order chi connectivity index (χ0) is 14.7. The van der Waals surface area contributed by atoms with Crippen molar-refractivity contribution in [3.05, 3.63) is 27.7 Å². The third kappa shape index (κ3) is 3.37. The summed E-state index contributed by atoms with van der Waals surface area (Å²) in [5, 5.41) is 16.8. The normalized spacial score (nSPS) is 22.6. The Morgan fingerprint density at radius 2 is 2.25 bits per heavy atom. The molecule has 0 saturated carbocycles. The van der Waals surface area contributed by atoms with Gasteiger partial charge in [-0.25, -0.2) is 0 Å². The quantitative estimate of drug-likeness (QED) is 0.803. The van der Waals surface area contributed by atoms with Crippen LogP contribution in [0.25, 0.3) is 0 Å². The number of hydrogen-bond donors (Lipinski definition) is 3. The molecule has 1 aliphatic rings. The number of nitrogens with one attached hydrogen (secondary N) is 2. The van der Waals surface area contributed by atoms with Crippen LogP contribution in [0.15, 0.2) is 12.1 Å². The maximum absolute atomic E-state index is 11.5. The van der Waals surface area contributed by atoms with Crippen molar-refractivity contribution in [3.8, 4) is 5.75 Å². The molecule has 2 unspecified atom stereocenters. The zero-order valence-corrected chi connectivity index (χ0v) is 12.8. The fourth-order valence-electron chi connectivity index (χ4n) is 2.69. The van der Waals surface area contributed by atoms with E-state index < -0.39 is 0 Å². The van der Waals surface area contributed by atoms with E-state index in [0.29, 0.717) is 22.0 Å². The van der Waals surface area contributed by atoms with E-state index >= 15 is 0 Å². The van der Waals surface area contributed by atoms with Crippen LogP contribution in [-0.2, 0) is 4.79 Å². The second kappa shape index (κ2) is 6.66. The minimum Gasteiger partial charge on any atom is -0.508 e. The summed E-state index contributed by atoms with van der Waals surface area (Å²) in [7, 11) is 1.63. The van der Waals surface area contributed by atoms with Gasteiger partial charge in [0.15, 0.2) is 0 Å². The molecule has 4 nitrogen and oxygen atoms in total. The van der Waals surface area contributed by atoms with Gasteiger partial charge >= 0.3 is 0 Å².